The molecule has 314 valence electrons. The van der Waals surface area contributed by atoms with Crippen LogP contribution in [-0.4, -0.2) is 113 Å². The first-order chi connectivity index (χ1) is 28.1. The zero-order valence-corrected chi connectivity index (χ0v) is 35.2. The Morgan fingerprint density at radius 3 is 1.52 bits per heavy atom. The molecule has 4 aliphatic rings. The number of hydrogen-bond acceptors (Lipinski definition) is 11. The van der Waals surface area contributed by atoms with Crippen molar-refractivity contribution in [1.29, 1.82) is 0 Å². The minimum Gasteiger partial charge on any atom is -0.497 e. The summed E-state index contributed by atoms with van der Waals surface area (Å²) in [4.78, 5) is 85.8. The van der Waals surface area contributed by atoms with E-state index in [0.717, 1.165) is 36.8 Å². The molecule has 0 unspecified atom stereocenters. The standard InChI is InChI=1S/C43H56N4O9S2/c1-54-31-19-15-28(16-20-31)26-30(39(49)45-33-22-24-58-37-14-8-12-35(43(53)56-3)47(37)41(33)51)18-17-29(25-27-9-5-4-6-10-27)38(48)44-32-21-23-57-36-13-7-11-34(42(52)55-2)46(36)40(32)50/h4-6,9-10,15-16,19-20,29-30,32-37H,7-8,11-14,17-18,21-26H2,1-3H3,(H,44,48)(H,45,49)/t29-,30-,32+,33+,34+,35+,36+,37+/m1/s1. The largest absolute Gasteiger partial charge is 0.497 e. The number of carbonyl (C=O) groups is 6. The first kappa shape index (κ1) is 43.3. The maximum atomic E-state index is 14.4. The highest BCUT2D eigenvalue weighted by molar-refractivity contribution is 8.00. The molecule has 0 saturated carbocycles. The highest BCUT2D eigenvalue weighted by atomic mass is 32.2. The number of benzene rings is 2. The van der Waals surface area contributed by atoms with Crippen LogP contribution in [-0.2, 0) is 51.1 Å². The summed E-state index contributed by atoms with van der Waals surface area (Å²) in [5, 5.41) is 5.84. The molecule has 4 aliphatic heterocycles. The third kappa shape index (κ3) is 10.5. The van der Waals surface area contributed by atoms with Gasteiger partial charge in [-0.15, -0.1) is 23.5 Å². The summed E-state index contributed by atoms with van der Waals surface area (Å²) in [6.45, 7) is 0. The highest BCUT2D eigenvalue weighted by Crippen LogP contribution is 2.36. The van der Waals surface area contributed by atoms with E-state index in [0.29, 0.717) is 68.6 Å². The van der Waals surface area contributed by atoms with Crippen LogP contribution in [0, 0.1) is 11.8 Å². The number of ether oxygens (including phenoxy) is 3. The number of piperidine rings is 2. The number of amides is 4. The van der Waals surface area contributed by atoms with Crippen LogP contribution in [0.3, 0.4) is 0 Å². The first-order valence-electron chi connectivity index (χ1n) is 20.4. The minimum absolute atomic E-state index is 0.157. The molecule has 0 bridgehead atoms. The Bertz CT molecular complexity index is 1770. The van der Waals surface area contributed by atoms with Gasteiger partial charge in [-0.3, -0.25) is 19.2 Å². The number of carbonyl (C=O) groups excluding carboxylic acids is 6. The van der Waals surface area contributed by atoms with Crippen molar-refractivity contribution in [1.82, 2.24) is 20.4 Å². The predicted octanol–water partition coefficient (Wildman–Crippen LogP) is 4.50. The first-order valence-corrected chi connectivity index (χ1v) is 22.5. The molecule has 58 heavy (non-hydrogen) atoms. The average molecular weight is 837 g/mol. The number of nitrogens with zero attached hydrogens (tertiary/aromatic N) is 2. The summed E-state index contributed by atoms with van der Waals surface area (Å²) in [6.07, 6.45) is 6.43. The summed E-state index contributed by atoms with van der Waals surface area (Å²) in [7, 11) is 4.25. The summed E-state index contributed by atoms with van der Waals surface area (Å²) >= 11 is 3.26. The van der Waals surface area contributed by atoms with Gasteiger partial charge in [0.15, 0.2) is 0 Å². The molecule has 4 heterocycles. The predicted molar refractivity (Wildman–Crippen MR) is 222 cm³/mol. The average Bonchev–Trinajstić information content (AvgIpc) is 3.51. The lowest BCUT2D eigenvalue weighted by Crippen LogP contribution is -2.58. The highest BCUT2D eigenvalue weighted by Gasteiger charge is 2.45. The van der Waals surface area contributed by atoms with Crippen LogP contribution in [0.4, 0.5) is 0 Å². The van der Waals surface area contributed by atoms with Gasteiger partial charge in [0.1, 0.15) is 29.9 Å². The van der Waals surface area contributed by atoms with Crippen molar-refractivity contribution in [3.63, 3.8) is 0 Å². The van der Waals surface area contributed by atoms with Crippen LogP contribution in [0.25, 0.3) is 0 Å². The van der Waals surface area contributed by atoms with E-state index >= 15 is 0 Å². The molecule has 8 atom stereocenters. The molecule has 0 aliphatic carbocycles. The van der Waals surface area contributed by atoms with E-state index in [1.807, 2.05) is 54.6 Å². The number of rotatable bonds is 14. The van der Waals surface area contributed by atoms with E-state index in [2.05, 4.69) is 10.6 Å². The number of nitrogens with one attached hydrogen (secondary N) is 2. The van der Waals surface area contributed by atoms with E-state index in [9.17, 15) is 28.8 Å². The van der Waals surface area contributed by atoms with Crippen LogP contribution in [0.5, 0.6) is 5.75 Å². The topological polar surface area (TPSA) is 161 Å². The van der Waals surface area contributed by atoms with Crippen molar-refractivity contribution >= 4 is 59.1 Å². The Kier molecular flexibility index (Phi) is 15.4. The Balaban J connectivity index is 1.22. The lowest BCUT2D eigenvalue weighted by Gasteiger charge is -2.40. The van der Waals surface area contributed by atoms with Crippen LogP contribution >= 0.6 is 23.5 Å². The maximum absolute atomic E-state index is 14.4. The zero-order chi connectivity index (χ0) is 41.2. The fraction of sp³-hybridized carbons (Fsp3) is 0.581. The van der Waals surface area contributed by atoms with E-state index in [1.165, 1.54) is 14.2 Å². The van der Waals surface area contributed by atoms with Crippen molar-refractivity contribution in [2.75, 3.05) is 32.8 Å². The molecule has 13 nitrogen and oxygen atoms in total. The Morgan fingerprint density at radius 2 is 1.09 bits per heavy atom. The van der Waals surface area contributed by atoms with Gasteiger partial charge < -0.3 is 34.6 Å². The van der Waals surface area contributed by atoms with Gasteiger partial charge in [0.25, 0.3) is 0 Å². The second-order valence-electron chi connectivity index (χ2n) is 15.5. The second kappa shape index (κ2) is 20.6. The van der Waals surface area contributed by atoms with Gasteiger partial charge in [0.2, 0.25) is 23.6 Å². The molecular formula is C43H56N4O9S2. The molecular weight excluding hydrogens is 781 g/mol. The maximum Gasteiger partial charge on any atom is 0.328 e. The van der Waals surface area contributed by atoms with Crippen LogP contribution < -0.4 is 15.4 Å². The lowest BCUT2D eigenvalue weighted by atomic mass is 9.86. The molecule has 6 rings (SSSR count). The van der Waals surface area contributed by atoms with E-state index in [4.69, 9.17) is 14.2 Å². The Morgan fingerprint density at radius 1 is 0.638 bits per heavy atom. The molecule has 2 N–H and O–H groups in total. The monoisotopic (exact) mass is 836 g/mol. The third-order valence-electron chi connectivity index (χ3n) is 11.8. The lowest BCUT2D eigenvalue weighted by molar-refractivity contribution is -0.156. The molecule has 0 aromatic heterocycles. The number of thioether (sulfide) groups is 2. The van der Waals surface area contributed by atoms with Crippen molar-refractivity contribution < 1.29 is 43.0 Å². The zero-order valence-electron chi connectivity index (χ0n) is 33.6. The Labute approximate surface area is 349 Å². The smallest absolute Gasteiger partial charge is 0.328 e. The molecule has 2 aromatic rings. The van der Waals surface area contributed by atoms with Crippen LogP contribution in [0.1, 0.15) is 75.3 Å². The summed E-state index contributed by atoms with van der Waals surface area (Å²) in [5.41, 5.74) is 1.84. The molecule has 2 aromatic carbocycles. The van der Waals surface area contributed by atoms with Crippen LogP contribution in [0.2, 0.25) is 0 Å². The fourth-order valence-electron chi connectivity index (χ4n) is 8.68. The van der Waals surface area contributed by atoms with Gasteiger partial charge in [0.05, 0.1) is 32.1 Å². The Hall–Kier alpha value is -4.24. The summed E-state index contributed by atoms with van der Waals surface area (Å²) in [5.74, 6) is -1.26. The molecule has 4 fully saturated rings. The molecule has 4 amide bonds. The van der Waals surface area contributed by atoms with Crippen molar-refractivity contribution in [3.05, 3.63) is 65.7 Å². The molecule has 0 radical (unpaired) electrons. The van der Waals surface area contributed by atoms with E-state index in [1.54, 1.807) is 40.4 Å². The quantitative estimate of drug-likeness (QED) is 0.258. The van der Waals surface area contributed by atoms with Gasteiger partial charge in [0, 0.05) is 11.8 Å². The van der Waals surface area contributed by atoms with Crippen molar-refractivity contribution in [2.45, 2.75) is 112 Å². The van der Waals surface area contributed by atoms with Crippen molar-refractivity contribution in [3.8, 4) is 5.75 Å². The molecule has 0 spiro atoms. The minimum atomic E-state index is -0.816. The van der Waals surface area contributed by atoms with Gasteiger partial charge in [-0.1, -0.05) is 42.5 Å². The third-order valence-corrected chi connectivity index (χ3v) is 14.5. The van der Waals surface area contributed by atoms with Crippen molar-refractivity contribution in [2.24, 2.45) is 11.8 Å². The number of methoxy groups -OCH3 is 3. The number of hydrogen-bond donors (Lipinski definition) is 2. The number of esters is 2. The number of fused-ring (bicyclic) bond motifs is 2. The normalized spacial score (nSPS) is 25.8. The van der Waals surface area contributed by atoms with Gasteiger partial charge in [-0.2, -0.15) is 0 Å². The molecule has 15 heteroatoms. The van der Waals surface area contributed by atoms with Gasteiger partial charge in [-0.05, 0) is 112 Å². The van der Waals surface area contributed by atoms with E-state index < -0.39 is 47.9 Å². The fourth-order valence-corrected chi connectivity index (χ4v) is 11.5. The van der Waals surface area contributed by atoms with Crippen LogP contribution in [0.15, 0.2) is 54.6 Å². The second-order valence-corrected chi connectivity index (χ2v) is 18.1. The summed E-state index contributed by atoms with van der Waals surface area (Å²) < 4.78 is 15.5. The molecule has 4 saturated heterocycles. The summed E-state index contributed by atoms with van der Waals surface area (Å²) in [6, 6.07) is 14.1. The SMILES string of the molecule is COC(=O)[C@@H]1CCC[C@@H]2SCC[C@H](NC(=O)[C@H](CC[C@H](Cc3ccc(OC)cc3)C(=O)N[C@H]3CCS[C@H]4CCC[C@@H](C(=O)OC)N4C3=O)Cc3ccccc3)C(=O)N21. The van der Waals surface area contributed by atoms with Gasteiger partial charge in [-0.25, -0.2) is 9.59 Å². The van der Waals surface area contributed by atoms with Gasteiger partial charge >= 0.3 is 11.9 Å². The van der Waals surface area contributed by atoms with E-state index in [-0.39, 0.29) is 34.4 Å².